The second-order valence-corrected chi connectivity index (χ2v) is 3.46. The van der Waals surface area contributed by atoms with Crippen molar-refractivity contribution in [2.45, 2.75) is 6.92 Å². The van der Waals surface area contributed by atoms with Crippen molar-refractivity contribution in [3.05, 3.63) is 0 Å². The summed E-state index contributed by atoms with van der Waals surface area (Å²) in [6.45, 7) is 3.47. The smallest absolute Gasteiger partial charge is 0.197 e. The maximum absolute atomic E-state index is 8.87. The number of likely N-dealkylation sites (N-methyl/N-ethyl adjacent to an activating group) is 1. The van der Waals surface area contributed by atoms with Crippen molar-refractivity contribution in [2.75, 3.05) is 37.4 Å². The van der Waals surface area contributed by atoms with Crippen molar-refractivity contribution < 1.29 is 9.84 Å². The van der Waals surface area contributed by atoms with E-state index >= 15 is 0 Å². The molecule has 0 aliphatic rings. The van der Waals surface area contributed by atoms with Crippen LogP contribution < -0.4 is 15.4 Å². The van der Waals surface area contributed by atoms with Crippen molar-refractivity contribution in [2.24, 2.45) is 0 Å². The van der Waals surface area contributed by atoms with E-state index in [0.29, 0.717) is 18.1 Å². The van der Waals surface area contributed by atoms with E-state index in [1.807, 2.05) is 11.8 Å². The van der Waals surface area contributed by atoms with Gasteiger partial charge >= 0.3 is 0 Å². The highest BCUT2D eigenvalue weighted by molar-refractivity contribution is 7.11. The van der Waals surface area contributed by atoms with Crippen molar-refractivity contribution in [1.29, 1.82) is 0 Å². The Morgan fingerprint density at radius 1 is 1.64 bits per heavy atom. The van der Waals surface area contributed by atoms with Crippen molar-refractivity contribution in [1.82, 2.24) is 4.37 Å². The highest BCUT2D eigenvalue weighted by Crippen LogP contribution is 2.37. The first-order valence-electron chi connectivity index (χ1n) is 4.39. The lowest BCUT2D eigenvalue weighted by Gasteiger charge is -2.20. The van der Waals surface area contributed by atoms with Gasteiger partial charge in [-0.05, 0) is 18.5 Å². The van der Waals surface area contributed by atoms with E-state index in [2.05, 4.69) is 4.37 Å². The summed E-state index contributed by atoms with van der Waals surface area (Å²) in [6, 6.07) is 0. The van der Waals surface area contributed by atoms with E-state index in [0.717, 1.165) is 11.5 Å². The van der Waals surface area contributed by atoms with Crippen LogP contribution in [0.25, 0.3) is 0 Å². The topological polar surface area (TPSA) is 71.6 Å². The van der Waals surface area contributed by atoms with Gasteiger partial charge in [0.2, 0.25) is 0 Å². The Morgan fingerprint density at radius 2 is 2.36 bits per heavy atom. The minimum absolute atomic E-state index is 0.106. The zero-order chi connectivity index (χ0) is 10.6. The molecule has 1 aromatic rings. The Morgan fingerprint density at radius 3 is 2.86 bits per heavy atom. The Kier molecular flexibility index (Phi) is 3.97. The zero-order valence-corrected chi connectivity index (χ0v) is 9.17. The number of ether oxygens (including phenoxy) is 1. The minimum atomic E-state index is 0.106. The maximum Gasteiger partial charge on any atom is 0.197 e. The molecule has 0 amide bonds. The second kappa shape index (κ2) is 5.02. The Balaban J connectivity index is 2.91. The summed E-state index contributed by atoms with van der Waals surface area (Å²) in [5, 5.41) is 9.75. The van der Waals surface area contributed by atoms with Crippen LogP contribution in [0.1, 0.15) is 6.92 Å². The molecule has 3 N–H and O–H groups in total. The lowest BCUT2D eigenvalue weighted by Crippen LogP contribution is -2.25. The molecule has 0 unspecified atom stereocenters. The number of methoxy groups -OCH3 is 1. The van der Waals surface area contributed by atoms with Crippen LogP contribution in [-0.4, -0.2) is 36.3 Å². The van der Waals surface area contributed by atoms with Crippen molar-refractivity contribution in [3.63, 3.8) is 0 Å². The number of nitrogens with two attached hydrogens (primary N) is 1. The lowest BCUT2D eigenvalue weighted by molar-refractivity contribution is 0.302. The van der Waals surface area contributed by atoms with Gasteiger partial charge in [-0.25, -0.2) is 0 Å². The molecule has 0 saturated carbocycles. The molecule has 14 heavy (non-hydrogen) atoms. The maximum atomic E-state index is 8.87. The van der Waals surface area contributed by atoms with Gasteiger partial charge in [-0.2, -0.15) is 4.37 Å². The molecule has 0 bridgehead atoms. The molecule has 6 heteroatoms. The first-order valence-corrected chi connectivity index (χ1v) is 5.16. The van der Waals surface area contributed by atoms with E-state index in [1.165, 1.54) is 11.5 Å². The zero-order valence-electron chi connectivity index (χ0n) is 8.36. The highest BCUT2D eigenvalue weighted by atomic mass is 32.1. The van der Waals surface area contributed by atoms with Gasteiger partial charge in [0.25, 0.3) is 0 Å². The number of rotatable bonds is 5. The molecule has 0 aliphatic carbocycles. The quantitative estimate of drug-likeness (QED) is 0.753. The normalized spacial score (nSPS) is 10.2. The standard InChI is InChI=1S/C8H15N3O2S/c1-3-11(4-5-12)8-6(13-2)7(9)10-14-8/h12H,3-5H2,1-2H3,(H2,9,10). The van der Waals surface area contributed by atoms with Crippen LogP contribution in [0.4, 0.5) is 10.8 Å². The highest BCUT2D eigenvalue weighted by Gasteiger charge is 2.16. The molecule has 0 aromatic carbocycles. The molecule has 0 fully saturated rings. The summed E-state index contributed by atoms with van der Waals surface area (Å²) in [6.07, 6.45) is 0. The first-order chi connectivity index (χ1) is 6.74. The van der Waals surface area contributed by atoms with Gasteiger partial charge in [0.1, 0.15) is 0 Å². The van der Waals surface area contributed by atoms with Gasteiger partial charge in [0.05, 0.1) is 13.7 Å². The van der Waals surface area contributed by atoms with E-state index in [1.54, 1.807) is 7.11 Å². The second-order valence-electron chi connectivity index (χ2n) is 2.71. The average Bonchev–Trinajstić information content (AvgIpc) is 2.56. The molecule has 0 spiro atoms. The fourth-order valence-electron chi connectivity index (χ4n) is 1.20. The molecule has 1 heterocycles. The largest absolute Gasteiger partial charge is 0.490 e. The summed E-state index contributed by atoms with van der Waals surface area (Å²) in [4.78, 5) is 1.98. The molecule has 1 aromatic heterocycles. The van der Waals surface area contributed by atoms with E-state index in [-0.39, 0.29) is 6.61 Å². The molecule has 0 radical (unpaired) electrons. The van der Waals surface area contributed by atoms with Gasteiger partial charge in [-0.15, -0.1) is 0 Å². The molecule has 0 atom stereocenters. The number of aromatic nitrogens is 1. The van der Waals surface area contributed by atoms with Crippen LogP contribution in [0, 0.1) is 0 Å². The van der Waals surface area contributed by atoms with Crippen molar-refractivity contribution in [3.8, 4) is 5.75 Å². The Hall–Kier alpha value is -1.01. The number of nitrogen functional groups attached to an aromatic ring is 1. The van der Waals surface area contributed by atoms with Gasteiger partial charge in [-0.1, -0.05) is 0 Å². The predicted molar refractivity (Wildman–Crippen MR) is 58.1 cm³/mol. The van der Waals surface area contributed by atoms with E-state index in [9.17, 15) is 0 Å². The van der Waals surface area contributed by atoms with E-state index in [4.69, 9.17) is 15.6 Å². The number of anilines is 2. The van der Waals surface area contributed by atoms with Gasteiger partial charge in [-0.3, -0.25) is 0 Å². The fraction of sp³-hybridized carbons (Fsp3) is 0.625. The molecular formula is C8H15N3O2S. The molecule has 0 saturated heterocycles. The third kappa shape index (κ3) is 2.08. The Bertz CT molecular complexity index is 290. The summed E-state index contributed by atoms with van der Waals surface area (Å²) in [7, 11) is 1.57. The van der Waals surface area contributed by atoms with Crippen LogP contribution in [0.5, 0.6) is 5.75 Å². The third-order valence-corrected chi connectivity index (χ3v) is 2.80. The van der Waals surface area contributed by atoms with Crippen LogP contribution in [0.3, 0.4) is 0 Å². The van der Waals surface area contributed by atoms with Crippen LogP contribution in [0.2, 0.25) is 0 Å². The third-order valence-electron chi connectivity index (χ3n) is 1.90. The molecule has 1 rings (SSSR count). The van der Waals surface area contributed by atoms with Gasteiger partial charge in [0.15, 0.2) is 16.6 Å². The predicted octanol–water partition coefficient (Wildman–Crippen LogP) is 0.553. The fourth-order valence-corrected chi connectivity index (χ4v) is 2.08. The van der Waals surface area contributed by atoms with Crippen LogP contribution >= 0.6 is 11.5 Å². The van der Waals surface area contributed by atoms with Crippen LogP contribution in [-0.2, 0) is 0 Å². The van der Waals surface area contributed by atoms with E-state index < -0.39 is 0 Å². The summed E-state index contributed by atoms with van der Waals surface area (Å²) < 4.78 is 9.15. The number of nitrogens with zero attached hydrogens (tertiary/aromatic N) is 2. The monoisotopic (exact) mass is 217 g/mol. The number of hydrogen-bond donors (Lipinski definition) is 2. The number of hydrogen-bond acceptors (Lipinski definition) is 6. The number of aliphatic hydroxyl groups excluding tert-OH is 1. The molecule has 5 nitrogen and oxygen atoms in total. The average molecular weight is 217 g/mol. The Labute approximate surface area is 87.3 Å². The van der Waals surface area contributed by atoms with Gasteiger partial charge < -0.3 is 20.5 Å². The van der Waals surface area contributed by atoms with Gasteiger partial charge in [0, 0.05) is 13.1 Å². The molecular weight excluding hydrogens is 202 g/mol. The molecule has 0 aliphatic heterocycles. The molecule has 80 valence electrons. The lowest BCUT2D eigenvalue weighted by atomic mass is 10.4. The summed E-state index contributed by atoms with van der Waals surface area (Å²) >= 11 is 1.29. The minimum Gasteiger partial charge on any atom is -0.490 e. The van der Waals surface area contributed by atoms with Crippen LogP contribution in [0.15, 0.2) is 0 Å². The summed E-state index contributed by atoms with van der Waals surface area (Å²) in [5.74, 6) is 1.01. The SMILES string of the molecule is CCN(CCO)c1snc(N)c1OC. The number of aliphatic hydroxyl groups is 1. The summed E-state index contributed by atoms with van der Waals surface area (Å²) in [5.41, 5.74) is 5.63. The first kappa shape index (κ1) is 11.1. The van der Waals surface area contributed by atoms with Crippen molar-refractivity contribution >= 4 is 22.4 Å².